The van der Waals surface area contributed by atoms with Crippen LogP contribution < -0.4 is 5.32 Å². The third-order valence-corrected chi connectivity index (χ3v) is 7.32. The van der Waals surface area contributed by atoms with Crippen molar-refractivity contribution in [2.24, 2.45) is 0 Å². The summed E-state index contributed by atoms with van der Waals surface area (Å²) in [5, 5.41) is 2.61. The van der Waals surface area contributed by atoms with E-state index in [4.69, 9.17) is 0 Å². The Morgan fingerprint density at radius 2 is 1.56 bits per heavy atom. The Labute approximate surface area is 159 Å². The van der Waals surface area contributed by atoms with Gasteiger partial charge in [0.1, 0.15) is 0 Å². The second kappa shape index (κ2) is 7.41. The Morgan fingerprint density at radius 1 is 0.926 bits per heavy atom. The normalized spacial score (nSPS) is 15.6. The average Bonchev–Trinajstić information content (AvgIpc) is 3.17. The molecular formula is C18H20N2O5S2. The Balaban J connectivity index is 1.84. The van der Waals surface area contributed by atoms with Crippen molar-refractivity contribution in [3.05, 3.63) is 54.1 Å². The minimum Gasteiger partial charge on any atom is -0.322 e. The van der Waals surface area contributed by atoms with Gasteiger partial charge in [-0.05, 0) is 49.2 Å². The standard InChI is InChI=1S/C18H20N2O5S2/c1-26(22,23)16-8-5-7-15(13-16)19-18(21)14-6-4-9-17(12-14)27(24,25)20-10-2-3-11-20/h4-9,12-13H,2-3,10-11H2,1H3,(H,19,21). The van der Waals surface area contributed by atoms with Crippen LogP contribution in [0.5, 0.6) is 0 Å². The average molecular weight is 409 g/mol. The maximum Gasteiger partial charge on any atom is 0.255 e. The Bertz CT molecular complexity index is 1070. The number of benzene rings is 2. The summed E-state index contributed by atoms with van der Waals surface area (Å²) in [6, 6.07) is 11.7. The van der Waals surface area contributed by atoms with Crippen LogP contribution in [0.2, 0.25) is 0 Å². The van der Waals surface area contributed by atoms with Gasteiger partial charge in [-0.15, -0.1) is 0 Å². The molecule has 2 aromatic carbocycles. The number of amides is 1. The number of nitrogens with one attached hydrogen (secondary N) is 1. The highest BCUT2D eigenvalue weighted by molar-refractivity contribution is 7.90. The van der Waals surface area contributed by atoms with Crippen LogP contribution in [-0.2, 0) is 19.9 Å². The third kappa shape index (κ3) is 4.37. The number of sulfone groups is 1. The highest BCUT2D eigenvalue weighted by atomic mass is 32.2. The third-order valence-electron chi connectivity index (χ3n) is 4.32. The Kier molecular flexibility index (Phi) is 5.36. The van der Waals surface area contributed by atoms with Crippen molar-refractivity contribution in [3.8, 4) is 0 Å². The van der Waals surface area contributed by atoms with Gasteiger partial charge < -0.3 is 5.32 Å². The molecule has 144 valence electrons. The van der Waals surface area contributed by atoms with Crippen LogP contribution in [0.25, 0.3) is 0 Å². The quantitative estimate of drug-likeness (QED) is 0.817. The van der Waals surface area contributed by atoms with Crippen LogP contribution in [0.4, 0.5) is 5.69 Å². The SMILES string of the molecule is CS(=O)(=O)c1cccc(NC(=O)c2cccc(S(=O)(=O)N3CCCC3)c2)c1. The second-order valence-corrected chi connectivity index (χ2v) is 10.3. The molecule has 0 aromatic heterocycles. The Hall–Kier alpha value is -2.23. The van der Waals surface area contributed by atoms with Gasteiger partial charge in [0.15, 0.2) is 9.84 Å². The van der Waals surface area contributed by atoms with Crippen molar-refractivity contribution in [2.45, 2.75) is 22.6 Å². The molecule has 0 atom stereocenters. The molecule has 0 saturated carbocycles. The van der Waals surface area contributed by atoms with E-state index in [0.29, 0.717) is 18.8 Å². The zero-order chi connectivity index (χ0) is 19.7. The summed E-state index contributed by atoms with van der Waals surface area (Å²) in [6.07, 6.45) is 2.74. The molecule has 1 N–H and O–H groups in total. The molecule has 7 nitrogen and oxygen atoms in total. The minimum absolute atomic E-state index is 0.0712. The zero-order valence-electron chi connectivity index (χ0n) is 14.8. The monoisotopic (exact) mass is 408 g/mol. The molecule has 0 unspecified atom stereocenters. The van der Waals surface area contributed by atoms with E-state index >= 15 is 0 Å². The smallest absolute Gasteiger partial charge is 0.255 e. The number of nitrogens with zero attached hydrogens (tertiary/aromatic N) is 1. The van der Waals surface area contributed by atoms with Crippen LogP contribution in [-0.4, -0.2) is 46.4 Å². The summed E-state index contributed by atoms with van der Waals surface area (Å²) in [4.78, 5) is 12.7. The van der Waals surface area contributed by atoms with E-state index < -0.39 is 25.8 Å². The van der Waals surface area contributed by atoms with Crippen molar-refractivity contribution >= 4 is 31.5 Å². The molecule has 3 rings (SSSR count). The number of hydrogen-bond donors (Lipinski definition) is 1. The lowest BCUT2D eigenvalue weighted by Crippen LogP contribution is -2.28. The van der Waals surface area contributed by atoms with Crippen LogP contribution >= 0.6 is 0 Å². The summed E-state index contributed by atoms with van der Waals surface area (Å²) in [5.74, 6) is -0.515. The molecule has 0 spiro atoms. The van der Waals surface area contributed by atoms with Crippen molar-refractivity contribution in [2.75, 3.05) is 24.7 Å². The molecule has 9 heteroatoms. The predicted octanol–water partition coefficient (Wildman–Crippen LogP) is 2.13. The van der Waals surface area contributed by atoms with E-state index in [9.17, 15) is 21.6 Å². The van der Waals surface area contributed by atoms with Crippen LogP contribution in [0, 0.1) is 0 Å². The van der Waals surface area contributed by atoms with E-state index in [-0.39, 0.29) is 15.4 Å². The zero-order valence-corrected chi connectivity index (χ0v) is 16.4. The summed E-state index contributed by atoms with van der Waals surface area (Å²) in [5.41, 5.74) is 0.496. The fraction of sp³-hybridized carbons (Fsp3) is 0.278. The fourth-order valence-corrected chi connectivity index (χ4v) is 5.11. The first-order valence-corrected chi connectivity index (χ1v) is 11.7. The van der Waals surface area contributed by atoms with Gasteiger partial charge >= 0.3 is 0 Å². The topological polar surface area (TPSA) is 101 Å². The Morgan fingerprint density at radius 3 is 2.22 bits per heavy atom. The highest BCUT2D eigenvalue weighted by Crippen LogP contribution is 2.22. The number of carbonyl (C=O) groups excluding carboxylic acids is 1. The molecular weight excluding hydrogens is 388 g/mol. The van der Waals surface area contributed by atoms with Gasteiger partial charge in [0.05, 0.1) is 9.79 Å². The van der Waals surface area contributed by atoms with E-state index in [1.165, 1.54) is 46.8 Å². The van der Waals surface area contributed by atoms with E-state index in [0.717, 1.165) is 19.1 Å². The molecule has 1 aliphatic rings. The largest absolute Gasteiger partial charge is 0.322 e. The number of carbonyl (C=O) groups is 1. The molecule has 1 heterocycles. The lowest BCUT2D eigenvalue weighted by molar-refractivity contribution is 0.102. The molecule has 0 radical (unpaired) electrons. The second-order valence-electron chi connectivity index (χ2n) is 6.39. The van der Waals surface area contributed by atoms with E-state index in [1.54, 1.807) is 6.07 Å². The molecule has 1 amide bonds. The first-order chi connectivity index (χ1) is 12.7. The van der Waals surface area contributed by atoms with E-state index in [2.05, 4.69) is 5.32 Å². The van der Waals surface area contributed by atoms with Crippen molar-refractivity contribution in [1.29, 1.82) is 0 Å². The van der Waals surface area contributed by atoms with Gasteiger partial charge in [-0.2, -0.15) is 4.31 Å². The lowest BCUT2D eigenvalue weighted by atomic mass is 10.2. The summed E-state index contributed by atoms with van der Waals surface area (Å²) >= 11 is 0. The molecule has 2 aromatic rings. The molecule has 27 heavy (non-hydrogen) atoms. The van der Waals surface area contributed by atoms with Crippen LogP contribution in [0.3, 0.4) is 0 Å². The summed E-state index contributed by atoms with van der Waals surface area (Å²) in [6.45, 7) is 0.966. The first-order valence-electron chi connectivity index (χ1n) is 8.40. The number of hydrogen-bond acceptors (Lipinski definition) is 5. The lowest BCUT2D eigenvalue weighted by Gasteiger charge is -2.16. The number of rotatable bonds is 5. The predicted molar refractivity (Wildman–Crippen MR) is 102 cm³/mol. The van der Waals surface area contributed by atoms with E-state index in [1.807, 2.05) is 0 Å². The van der Waals surface area contributed by atoms with Crippen molar-refractivity contribution in [1.82, 2.24) is 4.31 Å². The molecule has 0 bridgehead atoms. The first kappa shape index (κ1) is 19.5. The molecule has 1 saturated heterocycles. The number of anilines is 1. The van der Waals surface area contributed by atoms with Gasteiger partial charge in [-0.3, -0.25) is 4.79 Å². The van der Waals surface area contributed by atoms with Gasteiger partial charge in [0.25, 0.3) is 5.91 Å². The van der Waals surface area contributed by atoms with Crippen molar-refractivity contribution < 1.29 is 21.6 Å². The highest BCUT2D eigenvalue weighted by Gasteiger charge is 2.27. The van der Waals surface area contributed by atoms with Gasteiger partial charge in [-0.1, -0.05) is 12.1 Å². The van der Waals surface area contributed by atoms with Gasteiger partial charge in [0, 0.05) is 30.6 Å². The molecule has 1 fully saturated rings. The fourth-order valence-electron chi connectivity index (χ4n) is 2.88. The van der Waals surface area contributed by atoms with Crippen LogP contribution in [0.1, 0.15) is 23.2 Å². The van der Waals surface area contributed by atoms with Gasteiger partial charge in [-0.25, -0.2) is 16.8 Å². The maximum absolute atomic E-state index is 12.7. The van der Waals surface area contributed by atoms with Crippen molar-refractivity contribution in [3.63, 3.8) is 0 Å². The minimum atomic E-state index is -3.62. The summed E-state index contributed by atoms with van der Waals surface area (Å²) in [7, 11) is -7.02. The molecule has 0 aliphatic carbocycles. The summed E-state index contributed by atoms with van der Waals surface area (Å²) < 4.78 is 50.0. The van der Waals surface area contributed by atoms with Crippen LogP contribution in [0.15, 0.2) is 58.3 Å². The maximum atomic E-state index is 12.7. The van der Waals surface area contributed by atoms with Gasteiger partial charge in [0.2, 0.25) is 10.0 Å². The number of sulfonamides is 1. The molecule has 1 aliphatic heterocycles.